The quantitative estimate of drug-likeness (QED) is 0.688. The Hall–Kier alpha value is -2.61. The van der Waals surface area contributed by atoms with Crippen molar-refractivity contribution in [3.05, 3.63) is 18.5 Å². The molecule has 0 amide bonds. The van der Waals surface area contributed by atoms with Crippen molar-refractivity contribution in [2.24, 2.45) is 0 Å². The third kappa shape index (κ3) is 2.37. The van der Waals surface area contributed by atoms with E-state index in [1.807, 2.05) is 12.1 Å². The van der Waals surface area contributed by atoms with Crippen molar-refractivity contribution < 1.29 is 14.2 Å². The van der Waals surface area contributed by atoms with E-state index < -0.39 is 0 Å². The van der Waals surface area contributed by atoms with Gasteiger partial charge in [0.2, 0.25) is 5.95 Å². The Labute approximate surface area is 127 Å². The molecule has 1 N–H and O–H groups in total. The molecule has 0 aliphatic heterocycles. The van der Waals surface area contributed by atoms with Crippen molar-refractivity contribution in [3.63, 3.8) is 0 Å². The van der Waals surface area contributed by atoms with Crippen LogP contribution >= 0.6 is 0 Å². The summed E-state index contributed by atoms with van der Waals surface area (Å²) in [6.45, 7) is 1.19. The lowest BCUT2D eigenvalue weighted by atomic mass is 10.2. The molecule has 8 nitrogen and oxygen atoms in total. The highest BCUT2D eigenvalue weighted by molar-refractivity contribution is 5.94. The Morgan fingerprint density at radius 1 is 1.14 bits per heavy atom. The average molecular weight is 303 g/mol. The van der Waals surface area contributed by atoms with Crippen molar-refractivity contribution in [1.29, 1.82) is 0 Å². The normalized spacial score (nSPS) is 11.0. The van der Waals surface area contributed by atoms with Gasteiger partial charge in [0.1, 0.15) is 6.33 Å². The molecule has 3 aromatic rings. The molecule has 2 heterocycles. The van der Waals surface area contributed by atoms with Crippen LogP contribution in [0.4, 0.5) is 5.95 Å². The van der Waals surface area contributed by atoms with Crippen molar-refractivity contribution in [2.45, 2.75) is 0 Å². The van der Waals surface area contributed by atoms with Gasteiger partial charge in [0, 0.05) is 25.1 Å². The van der Waals surface area contributed by atoms with E-state index in [4.69, 9.17) is 14.2 Å². The molecule has 0 unspecified atom stereocenters. The van der Waals surface area contributed by atoms with Gasteiger partial charge >= 0.3 is 0 Å². The number of rotatable bonds is 6. The van der Waals surface area contributed by atoms with E-state index in [-0.39, 0.29) is 0 Å². The Balaban J connectivity index is 2.18. The van der Waals surface area contributed by atoms with Crippen LogP contribution in [0.5, 0.6) is 11.5 Å². The zero-order chi connectivity index (χ0) is 15.5. The summed E-state index contributed by atoms with van der Waals surface area (Å²) in [5.74, 6) is 1.85. The molecule has 1 aromatic carbocycles. The summed E-state index contributed by atoms with van der Waals surface area (Å²) in [7, 11) is 4.84. The fraction of sp³-hybridized carbons (Fsp3) is 0.357. The molecule has 0 atom stereocenters. The number of nitrogens with one attached hydrogen (secondary N) is 1. The fourth-order valence-electron chi connectivity index (χ4n) is 2.26. The smallest absolute Gasteiger partial charge is 0.226 e. The van der Waals surface area contributed by atoms with Gasteiger partial charge in [-0.25, -0.2) is 9.97 Å². The van der Waals surface area contributed by atoms with E-state index in [0.29, 0.717) is 36.2 Å². The number of hydrogen-bond donors (Lipinski definition) is 1. The summed E-state index contributed by atoms with van der Waals surface area (Å²) in [6.07, 6.45) is 1.49. The second-order valence-corrected chi connectivity index (χ2v) is 4.57. The Morgan fingerprint density at radius 3 is 2.64 bits per heavy atom. The number of aromatic nitrogens is 4. The number of nitrogens with zero attached hydrogens (tertiary/aromatic N) is 4. The van der Waals surface area contributed by atoms with Crippen LogP contribution in [0.3, 0.4) is 0 Å². The molecule has 2 aromatic heterocycles. The molecule has 0 aliphatic rings. The van der Waals surface area contributed by atoms with Gasteiger partial charge in [-0.3, -0.25) is 0 Å². The Kier molecular flexibility index (Phi) is 3.92. The number of methoxy groups -OCH3 is 3. The van der Waals surface area contributed by atoms with Gasteiger partial charge < -0.3 is 19.5 Å². The summed E-state index contributed by atoms with van der Waals surface area (Å²) < 4.78 is 17.4. The zero-order valence-corrected chi connectivity index (χ0v) is 12.7. The number of fused-ring (bicyclic) bond motifs is 3. The maximum absolute atomic E-state index is 5.34. The van der Waals surface area contributed by atoms with Gasteiger partial charge in [0.05, 0.1) is 26.3 Å². The highest BCUT2D eigenvalue weighted by Gasteiger charge is 2.14. The van der Waals surface area contributed by atoms with Gasteiger partial charge in [0.25, 0.3) is 0 Å². The fourth-order valence-corrected chi connectivity index (χ4v) is 2.26. The number of ether oxygens (including phenoxy) is 3. The monoisotopic (exact) mass is 303 g/mol. The minimum Gasteiger partial charge on any atom is -0.493 e. The molecule has 116 valence electrons. The third-order valence-corrected chi connectivity index (χ3v) is 3.31. The van der Waals surface area contributed by atoms with Gasteiger partial charge in [-0.2, -0.15) is 9.61 Å². The second kappa shape index (κ2) is 6.02. The highest BCUT2D eigenvalue weighted by atomic mass is 16.5. The van der Waals surface area contributed by atoms with Crippen LogP contribution in [-0.4, -0.2) is 54.1 Å². The highest BCUT2D eigenvalue weighted by Crippen LogP contribution is 2.33. The first-order chi connectivity index (χ1) is 10.8. The van der Waals surface area contributed by atoms with Crippen LogP contribution in [0, 0.1) is 0 Å². The van der Waals surface area contributed by atoms with Crippen molar-refractivity contribution in [2.75, 3.05) is 39.8 Å². The number of anilines is 1. The average Bonchev–Trinajstić information content (AvgIpc) is 3.04. The zero-order valence-electron chi connectivity index (χ0n) is 12.7. The first-order valence-electron chi connectivity index (χ1n) is 6.76. The van der Waals surface area contributed by atoms with Gasteiger partial charge in [-0.15, -0.1) is 0 Å². The summed E-state index contributed by atoms with van der Waals surface area (Å²) in [5, 5.41) is 8.24. The Bertz CT molecular complexity index is 802. The molecule has 0 spiro atoms. The van der Waals surface area contributed by atoms with E-state index in [1.54, 1.807) is 25.8 Å². The maximum Gasteiger partial charge on any atom is 0.226 e. The lowest BCUT2D eigenvalue weighted by Crippen LogP contribution is -2.13. The summed E-state index contributed by atoms with van der Waals surface area (Å²) in [4.78, 5) is 8.90. The molecule has 0 radical (unpaired) electrons. The largest absolute Gasteiger partial charge is 0.493 e. The number of benzene rings is 1. The van der Waals surface area contributed by atoms with Gasteiger partial charge in [0.15, 0.2) is 17.1 Å². The van der Waals surface area contributed by atoms with Crippen molar-refractivity contribution in [3.8, 4) is 11.5 Å². The standard InChI is InChI=1S/C14H17N5O3/c1-20-5-4-15-14-18-10-7-12(22-3)11(21-2)6-9(10)13-16-8-17-19(13)14/h6-8H,4-5H2,1-3H3,(H,15,18). The molecule has 0 aliphatic carbocycles. The molecular formula is C14H17N5O3. The van der Waals surface area contributed by atoms with E-state index >= 15 is 0 Å². The molecule has 0 saturated heterocycles. The minimum atomic E-state index is 0.571. The minimum absolute atomic E-state index is 0.571. The summed E-state index contributed by atoms with van der Waals surface area (Å²) in [5.41, 5.74) is 1.45. The molecule has 0 saturated carbocycles. The lowest BCUT2D eigenvalue weighted by Gasteiger charge is -2.11. The predicted octanol–water partition coefficient (Wildman–Crippen LogP) is 1.35. The SMILES string of the molecule is COCCNc1nc2cc(OC)c(OC)cc2c2ncnn12. The van der Waals surface area contributed by atoms with E-state index in [1.165, 1.54) is 6.33 Å². The molecule has 0 bridgehead atoms. The number of hydrogen-bond acceptors (Lipinski definition) is 7. The third-order valence-electron chi connectivity index (χ3n) is 3.31. The summed E-state index contributed by atoms with van der Waals surface area (Å²) in [6, 6.07) is 3.68. The first kappa shape index (κ1) is 14.3. The van der Waals surface area contributed by atoms with Gasteiger partial charge in [-0.1, -0.05) is 0 Å². The van der Waals surface area contributed by atoms with Gasteiger partial charge in [-0.05, 0) is 6.07 Å². The Morgan fingerprint density at radius 2 is 1.91 bits per heavy atom. The molecule has 8 heteroatoms. The summed E-state index contributed by atoms with van der Waals surface area (Å²) >= 11 is 0. The van der Waals surface area contributed by atoms with Crippen LogP contribution in [0.25, 0.3) is 16.6 Å². The van der Waals surface area contributed by atoms with Crippen LogP contribution in [0.1, 0.15) is 0 Å². The van der Waals surface area contributed by atoms with E-state index in [2.05, 4.69) is 20.4 Å². The second-order valence-electron chi connectivity index (χ2n) is 4.57. The lowest BCUT2D eigenvalue weighted by molar-refractivity contribution is 0.210. The van der Waals surface area contributed by atoms with E-state index in [9.17, 15) is 0 Å². The maximum atomic E-state index is 5.34. The van der Waals surface area contributed by atoms with Crippen LogP contribution in [-0.2, 0) is 4.74 Å². The van der Waals surface area contributed by atoms with E-state index in [0.717, 1.165) is 10.9 Å². The topological polar surface area (TPSA) is 82.8 Å². The molecule has 3 rings (SSSR count). The van der Waals surface area contributed by atoms with Crippen LogP contribution in [0.15, 0.2) is 18.5 Å². The van der Waals surface area contributed by atoms with Crippen LogP contribution in [0.2, 0.25) is 0 Å². The van der Waals surface area contributed by atoms with Crippen molar-refractivity contribution in [1.82, 2.24) is 19.6 Å². The first-order valence-corrected chi connectivity index (χ1v) is 6.76. The predicted molar refractivity (Wildman–Crippen MR) is 81.8 cm³/mol. The van der Waals surface area contributed by atoms with Crippen molar-refractivity contribution >= 4 is 22.5 Å². The molecule has 22 heavy (non-hydrogen) atoms. The van der Waals surface area contributed by atoms with Crippen LogP contribution < -0.4 is 14.8 Å². The molecular weight excluding hydrogens is 286 g/mol. The molecule has 0 fully saturated rings.